The van der Waals surface area contributed by atoms with E-state index in [-0.39, 0.29) is 6.61 Å². The standard InChI is InChI=1S/C15H15Cl2NO/c1-18(9-11-4-2-3-5-14(11)17)15-8-13(16)7-6-12(15)10-19/h2-8,19H,9-10H2,1H3. The van der Waals surface area contributed by atoms with Crippen LogP contribution < -0.4 is 4.90 Å². The molecular weight excluding hydrogens is 281 g/mol. The Hall–Kier alpha value is -1.22. The number of hydrogen-bond donors (Lipinski definition) is 1. The zero-order chi connectivity index (χ0) is 13.8. The second-order valence-corrected chi connectivity index (χ2v) is 5.22. The number of rotatable bonds is 4. The summed E-state index contributed by atoms with van der Waals surface area (Å²) in [6.07, 6.45) is 0. The largest absolute Gasteiger partial charge is 0.392 e. The molecule has 100 valence electrons. The Morgan fingerprint density at radius 1 is 1.05 bits per heavy atom. The zero-order valence-corrected chi connectivity index (χ0v) is 12.1. The average molecular weight is 296 g/mol. The zero-order valence-electron chi connectivity index (χ0n) is 10.6. The molecule has 0 atom stereocenters. The summed E-state index contributed by atoms with van der Waals surface area (Å²) in [7, 11) is 1.95. The molecule has 2 rings (SSSR count). The summed E-state index contributed by atoms with van der Waals surface area (Å²) in [5.41, 5.74) is 2.80. The first-order valence-corrected chi connectivity index (χ1v) is 6.71. The molecule has 0 amide bonds. The fourth-order valence-electron chi connectivity index (χ4n) is 1.99. The first kappa shape index (κ1) is 14.2. The van der Waals surface area contributed by atoms with Crippen molar-refractivity contribution in [3.63, 3.8) is 0 Å². The van der Waals surface area contributed by atoms with Crippen molar-refractivity contribution in [2.75, 3.05) is 11.9 Å². The van der Waals surface area contributed by atoms with Crippen molar-refractivity contribution in [1.29, 1.82) is 0 Å². The van der Waals surface area contributed by atoms with Gasteiger partial charge < -0.3 is 10.0 Å². The number of nitrogens with zero attached hydrogens (tertiary/aromatic N) is 1. The fourth-order valence-corrected chi connectivity index (χ4v) is 2.36. The lowest BCUT2D eigenvalue weighted by molar-refractivity contribution is 0.282. The van der Waals surface area contributed by atoms with Gasteiger partial charge in [0.1, 0.15) is 0 Å². The van der Waals surface area contributed by atoms with E-state index in [1.54, 1.807) is 6.07 Å². The van der Waals surface area contributed by atoms with E-state index in [1.165, 1.54) is 0 Å². The molecule has 4 heteroatoms. The molecule has 0 fully saturated rings. The molecular formula is C15H15Cl2NO. The minimum atomic E-state index is -0.0145. The highest BCUT2D eigenvalue weighted by molar-refractivity contribution is 6.31. The van der Waals surface area contributed by atoms with Crippen LogP contribution in [0.2, 0.25) is 10.0 Å². The summed E-state index contributed by atoms with van der Waals surface area (Å²) < 4.78 is 0. The van der Waals surface area contributed by atoms with Gasteiger partial charge in [0.05, 0.1) is 6.61 Å². The van der Waals surface area contributed by atoms with Crippen LogP contribution in [-0.2, 0) is 13.2 Å². The average Bonchev–Trinajstić information content (AvgIpc) is 2.41. The van der Waals surface area contributed by atoms with Crippen molar-refractivity contribution in [2.24, 2.45) is 0 Å². The predicted octanol–water partition coefficient (Wildman–Crippen LogP) is 4.12. The van der Waals surface area contributed by atoms with E-state index in [9.17, 15) is 5.11 Å². The maximum absolute atomic E-state index is 9.38. The molecule has 2 aromatic carbocycles. The molecule has 0 unspecified atom stereocenters. The molecule has 0 aliphatic heterocycles. The molecule has 0 aromatic heterocycles. The lowest BCUT2D eigenvalue weighted by Gasteiger charge is -2.23. The summed E-state index contributed by atoms with van der Waals surface area (Å²) in [5, 5.41) is 10.8. The number of aliphatic hydroxyl groups is 1. The number of anilines is 1. The Labute approximate surface area is 123 Å². The SMILES string of the molecule is CN(Cc1ccccc1Cl)c1cc(Cl)ccc1CO. The third-order valence-electron chi connectivity index (χ3n) is 2.99. The lowest BCUT2D eigenvalue weighted by Crippen LogP contribution is -2.18. The number of benzene rings is 2. The van der Waals surface area contributed by atoms with Crippen LogP contribution in [0.1, 0.15) is 11.1 Å². The van der Waals surface area contributed by atoms with Crippen LogP contribution in [0.25, 0.3) is 0 Å². The van der Waals surface area contributed by atoms with Crippen LogP contribution in [0.15, 0.2) is 42.5 Å². The van der Waals surface area contributed by atoms with Crippen LogP contribution in [-0.4, -0.2) is 12.2 Å². The van der Waals surface area contributed by atoms with Crippen molar-refractivity contribution >= 4 is 28.9 Å². The molecule has 0 aliphatic rings. The molecule has 2 aromatic rings. The Morgan fingerprint density at radius 3 is 2.47 bits per heavy atom. The van der Waals surface area contributed by atoms with Crippen molar-refractivity contribution in [3.05, 3.63) is 63.6 Å². The van der Waals surface area contributed by atoms with Crippen molar-refractivity contribution in [2.45, 2.75) is 13.2 Å². The summed E-state index contributed by atoms with van der Waals surface area (Å²) in [6.45, 7) is 0.645. The van der Waals surface area contributed by atoms with Gasteiger partial charge >= 0.3 is 0 Å². The van der Waals surface area contributed by atoms with Crippen LogP contribution >= 0.6 is 23.2 Å². The van der Waals surface area contributed by atoms with Crippen LogP contribution in [0.3, 0.4) is 0 Å². The van der Waals surface area contributed by atoms with Crippen LogP contribution in [0.4, 0.5) is 5.69 Å². The van der Waals surface area contributed by atoms with Crippen molar-refractivity contribution in [3.8, 4) is 0 Å². The first-order chi connectivity index (χ1) is 9.11. The van der Waals surface area contributed by atoms with Gasteiger partial charge in [-0.1, -0.05) is 47.5 Å². The van der Waals surface area contributed by atoms with Gasteiger partial charge in [0.25, 0.3) is 0 Å². The normalized spacial score (nSPS) is 10.5. The Balaban J connectivity index is 2.27. The maximum Gasteiger partial charge on any atom is 0.0702 e. The Bertz CT molecular complexity index is 572. The Morgan fingerprint density at radius 2 is 1.79 bits per heavy atom. The monoisotopic (exact) mass is 295 g/mol. The van der Waals surface area contributed by atoms with Gasteiger partial charge in [-0.25, -0.2) is 0 Å². The highest BCUT2D eigenvalue weighted by atomic mass is 35.5. The van der Waals surface area contributed by atoms with E-state index in [2.05, 4.69) is 0 Å². The number of halogens is 2. The fraction of sp³-hybridized carbons (Fsp3) is 0.200. The van der Waals surface area contributed by atoms with Crippen molar-refractivity contribution in [1.82, 2.24) is 0 Å². The van der Waals surface area contributed by atoms with E-state index in [1.807, 2.05) is 48.3 Å². The minimum Gasteiger partial charge on any atom is -0.392 e. The first-order valence-electron chi connectivity index (χ1n) is 5.95. The third kappa shape index (κ3) is 3.41. The predicted molar refractivity (Wildman–Crippen MR) is 80.9 cm³/mol. The van der Waals surface area contributed by atoms with E-state index < -0.39 is 0 Å². The molecule has 1 N–H and O–H groups in total. The topological polar surface area (TPSA) is 23.5 Å². The summed E-state index contributed by atoms with van der Waals surface area (Å²) >= 11 is 12.2. The lowest BCUT2D eigenvalue weighted by atomic mass is 10.1. The van der Waals surface area contributed by atoms with Gasteiger partial charge in [-0.3, -0.25) is 0 Å². The number of hydrogen-bond acceptors (Lipinski definition) is 2. The minimum absolute atomic E-state index is 0.0145. The van der Waals surface area contributed by atoms with E-state index in [0.717, 1.165) is 21.8 Å². The molecule has 19 heavy (non-hydrogen) atoms. The van der Waals surface area contributed by atoms with Gasteiger partial charge in [0.15, 0.2) is 0 Å². The van der Waals surface area contributed by atoms with E-state index >= 15 is 0 Å². The molecule has 0 saturated heterocycles. The smallest absolute Gasteiger partial charge is 0.0702 e. The quantitative estimate of drug-likeness (QED) is 0.917. The van der Waals surface area contributed by atoms with Gasteiger partial charge in [-0.15, -0.1) is 0 Å². The molecule has 0 aliphatic carbocycles. The molecule has 0 radical (unpaired) electrons. The molecule has 0 saturated carbocycles. The van der Waals surface area contributed by atoms with Crippen LogP contribution in [0.5, 0.6) is 0 Å². The highest BCUT2D eigenvalue weighted by Crippen LogP contribution is 2.26. The van der Waals surface area contributed by atoms with E-state index in [4.69, 9.17) is 23.2 Å². The van der Waals surface area contributed by atoms with Crippen molar-refractivity contribution < 1.29 is 5.11 Å². The second kappa shape index (κ2) is 6.29. The summed E-state index contributed by atoms with van der Waals surface area (Å²) in [5.74, 6) is 0. The van der Waals surface area contributed by atoms with Gasteiger partial charge in [-0.2, -0.15) is 0 Å². The highest BCUT2D eigenvalue weighted by Gasteiger charge is 2.10. The Kier molecular flexibility index (Phi) is 4.70. The molecule has 2 nitrogen and oxygen atoms in total. The second-order valence-electron chi connectivity index (χ2n) is 4.38. The third-order valence-corrected chi connectivity index (χ3v) is 3.60. The molecule has 0 spiro atoms. The maximum atomic E-state index is 9.38. The summed E-state index contributed by atoms with van der Waals surface area (Å²) in [4.78, 5) is 2.03. The molecule has 0 heterocycles. The molecule has 0 bridgehead atoms. The van der Waals surface area contributed by atoms with E-state index in [0.29, 0.717) is 11.6 Å². The number of aliphatic hydroxyl groups excluding tert-OH is 1. The van der Waals surface area contributed by atoms with Crippen LogP contribution in [0, 0.1) is 0 Å². The van der Waals surface area contributed by atoms with Gasteiger partial charge in [-0.05, 0) is 23.8 Å². The van der Waals surface area contributed by atoms with Gasteiger partial charge in [0, 0.05) is 34.9 Å². The summed E-state index contributed by atoms with van der Waals surface area (Å²) in [6, 6.07) is 13.2. The van der Waals surface area contributed by atoms with Gasteiger partial charge in [0.2, 0.25) is 0 Å².